The van der Waals surface area contributed by atoms with Crippen molar-refractivity contribution in [3.05, 3.63) is 28.3 Å². The third-order valence-corrected chi connectivity index (χ3v) is 3.66. The minimum atomic E-state index is -0.0354. The van der Waals surface area contributed by atoms with Crippen molar-refractivity contribution in [2.75, 3.05) is 11.9 Å². The zero-order valence-electron chi connectivity index (χ0n) is 8.67. The van der Waals surface area contributed by atoms with E-state index in [9.17, 15) is 0 Å². The van der Waals surface area contributed by atoms with Crippen molar-refractivity contribution in [2.45, 2.75) is 12.8 Å². The van der Waals surface area contributed by atoms with Crippen LogP contribution in [0.25, 0.3) is 0 Å². The van der Waals surface area contributed by atoms with Crippen LogP contribution >= 0.6 is 27.5 Å². The second-order valence-corrected chi connectivity index (χ2v) is 4.92. The van der Waals surface area contributed by atoms with Crippen molar-refractivity contribution in [1.82, 2.24) is 0 Å². The van der Waals surface area contributed by atoms with Gasteiger partial charge in [0, 0.05) is 16.8 Å². The third-order valence-electron chi connectivity index (χ3n) is 2.66. The smallest absolute Gasteiger partial charge is 0.125 e. The van der Waals surface area contributed by atoms with Crippen molar-refractivity contribution in [2.24, 2.45) is 5.92 Å². The summed E-state index contributed by atoms with van der Waals surface area (Å²) < 4.78 is 5.59. The van der Waals surface area contributed by atoms with Gasteiger partial charge in [-0.15, -0.1) is 0 Å². The summed E-state index contributed by atoms with van der Waals surface area (Å²) in [6.07, 6.45) is 1.60. The topological polar surface area (TPSA) is 33.0 Å². The Balaban J connectivity index is 2.31. The van der Waals surface area contributed by atoms with Crippen LogP contribution in [-0.2, 0) is 12.8 Å². The van der Waals surface area contributed by atoms with Crippen LogP contribution in [0.15, 0.2) is 12.1 Å². The Hall–Kier alpha value is -0.720. The van der Waals surface area contributed by atoms with Crippen LogP contribution in [0.5, 0.6) is 5.75 Å². The minimum absolute atomic E-state index is 0.0354. The molecule has 2 rings (SSSR count). The Bertz CT molecular complexity index is 441. The lowest BCUT2D eigenvalue weighted by Crippen LogP contribution is -2.04. The average Bonchev–Trinajstić information content (AvgIpc) is 2.73. The van der Waals surface area contributed by atoms with E-state index in [1.807, 2.05) is 12.1 Å². The van der Waals surface area contributed by atoms with Crippen LogP contribution < -0.4 is 4.74 Å². The van der Waals surface area contributed by atoms with Gasteiger partial charge in [0.1, 0.15) is 5.75 Å². The highest BCUT2D eigenvalue weighted by atomic mass is 79.9. The number of halogens is 2. The SMILES string of the molecule is N#CC(CBr)Cc1cc(Cl)cc2c1OCC2. The molecule has 0 N–H and O–H groups in total. The van der Waals surface area contributed by atoms with Crippen molar-refractivity contribution >= 4 is 27.5 Å². The minimum Gasteiger partial charge on any atom is -0.493 e. The predicted octanol–water partition coefficient (Wildman–Crippen LogP) is 3.35. The number of rotatable bonds is 3. The van der Waals surface area contributed by atoms with E-state index in [0.29, 0.717) is 18.4 Å². The average molecular weight is 301 g/mol. The molecule has 1 heterocycles. The molecular weight excluding hydrogens is 289 g/mol. The van der Waals surface area contributed by atoms with Gasteiger partial charge in [-0.1, -0.05) is 27.5 Å². The Labute approximate surface area is 108 Å². The summed E-state index contributed by atoms with van der Waals surface area (Å²) in [4.78, 5) is 0. The van der Waals surface area contributed by atoms with E-state index in [1.54, 1.807) is 0 Å². The molecule has 16 heavy (non-hydrogen) atoms. The number of alkyl halides is 1. The molecule has 1 aliphatic rings. The highest BCUT2D eigenvalue weighted by Crippen LogP contribution is 2.34. The molecule has 0 aliphatic carbocycles. The van der Waals surface area contributed by atoms with Crippen LogP contribution in [0.4, 0.5) is 0 Å². The molecule has 2 nitrogen and oxygen atoms in total. The van der Waals surface area contributed by atoms with Gasteiger partial charge in [0.15, 0.2) is 0 Å². The first-order chi connectivity index (χ1) is 7.74. The van der Waals surface area contributed by atoms with Gasteiger partial charge in [-0.05, 0) is 29.7 Å². The summed E-state index contributed by atoms with van der Waals surface area (Å²) in [5, 5.41) is 10.4. The maximum atomic E-state index is 8.95. The molecule has 0 spiro atoms. The Morgan fingerprint density at radius 3 is 3.06 bits per heavy atom. The summed E-state index contributed by atoms with van der Waals surface area (Å²) in [5.41, 5.74) is 2.21. The van der Waals surface area contributed by atoms with E-state index < -0.39 is 0 Å². The number of hydrogen-bond acceptors (Lipinski definition) is 2. The predicted molar refractivity (Wildman–Crippen MR) is 67.3 cm³/mol. The van der Waals surface area contributed by atoms with E-state index in [4.69, 9.17) is 21.6 Å². The third kappa shape index (κ3) is 2.34. The highest BCUT2D eigenvalue weighted by Gasteiger charge is 2.19. The van der Waals surface area contributed by atoms with Gasteiger partial charge < -0.3 is 4.74 Å². The van der Waals surface area contributed by atoms with Gasteiger partial charge in [0.05, 0.1) is 18.6 Å². The first-order valence-electron chi connectivity index (χ1n) is 5.14. The van der Waals surface area contributed by atoms with Crippen molar-refractivity contribution in [1.29, 1.82) is 5.26 Å². The van der Waals surface area contributed by atoms with Crippen LogP contribution in [0, 0.1) is 17.2 Å². The first kappa shape index (κ1) is 11.8. The fraction of sp³-hybridized carbons (Fsp3) is 0.417. The number of ether oxygens (including phenoxy) is 1. The second-order valence-electron chi connectivity index (χ2n) is 3.84. The molecular formula is C12H11BrClNO. The number of nitriles is 1. The lowest BCUT2D eigenvalue weighted by Gasteiger charge is -2.10. The van der Waals surface area contributed by atoms with E-state index in [2.05, 4.69) is 22.0 Å². The van der Waals surface area contributed by atoms with E-state index in [1.165, 1.54) is 0 Å². The second kappa shape index (κ2) is 5.07. The molecule has 0 fully saturated rings. The molecule has 1 unspecified atom stereocenters. The standard InChI is InChI=1S/C12H11BrClNO/c13-6-8(7-15)3-10-5-11(14)4-9-1-2-16-12(9)10/h4-5,8H,1-3,6H2. The van der Waals surface area contributed by atoms with Gasteiger partial charge in [-0.3, -0.25) is 0 Å². The van der Waals surface area contributed by atoms with Crippen LogP contribution in [0.3, 0.4) is 0 Å². The summed E-state index contributed by atoms with van der Waals surface area (Å²) in [7, 11) is 0. The molecule has 1 aliphatic heterocycles. The largest absolute Gasteiger partial charge is 0.493 e. The molecule has 0 aromatic heterocycles. The molecule has 84 valence electrons. The monoisotopic (exact) mass is 299 g/mol. The van der Waals surface area contributed by atoms with Gasteiger partial charge in [0.25, 0.3) is 0 Å². The Morgan fingerprint density at radius 2 is 2.38 bits per heavy atom. The zero-order valence-corrected chi connectivity index (χ0v) is 11.0. The Kier molecular flexibility index (Phi) is 3.73. The summed E-state index contributed by atoms with van der Waals surface area (Å²) in [5.74, 6) is 0.900. The molecule has 0 radical (unpaired) electrons. The maximum absolute atomic E-state index is 8.95. The van der Waals surface area contributed by atoms with Crippen LogP contribution in [0.2, 0.25) is 5.02 Å². The molecule has 4 heteroatoms. The molecule has 1 atom stereocenters. The summed E-state index contributed by atoms with van der Waals surface area (Å²) in [6.45, 7) is 0.716. The van der Waals surface area contributed by atoms with E-state index in [-0.39, 0.29) is 5.92 Å². The lowest BCUT2D eigenvalue weighted by atomic mass is 9.99. The molecule has 1 aromatic rings. The fourth-order valence-electron chi connectivity index (χ4n) is 1.90. The Morgan fingerprint density at radius 1 is 1.56 bits per heavy atom. The molecule has 0 saturated carbocycles. The lowest BCUT2D eigenvalue weighted by molar-refractivity contribution is 0.352. The van der Waals surface area contributed by atoms with Crippen molar-refractivity contribution in [3.63, 3.8) is 0 Å². The maximum Gasteiger partial charge on any atom is 0.125 e. The van der Waals surface area contributed by atoms with Gasteiger partial charge >= 0.3 is 0 Å². The fourth-order valence-corrected chi connectivity index (χ4v) is 2.53. The number of nitrogens with zero attached hydrogens (tertiary/aromatic N) is 1. The van der Waals surface area contributed by atoms with Gasteiger partial charge in [-0.2, -0.15) is 5.26 Å². The van der Waals surface area contributed by atoms with Crippen LogP contribution in [-0.4, -0.2) is 11.9 Å². The normalized spacial score (nSPS) is 15.1. The first-order valence-corrected chi connectivity index (χ1v) is 6.64. The molecule has 0 amide bonds. The molecule has 0 saturated heterocycles. The van der Waals surface area contributed by atoms with E-state index in [0.717, 1.165) is 28.3 Å². The molecule has 0 bridgehead atoms. The summed E-state index contributed by atoms with van der Waals surface area (Å²) >= 11 is 9.38. The van der Waals surface area contributed by atoms with Crippen molar-refractivity contribution in [3.8, 4) is 11.8 Å². The quantitative estimate of drug-likeness (QED) is 0.802. The van der Waals surface area contributed by atoms with Gasteiger partial charge in [0.2, 0.25) is 0 Å². The van der Waals surface area contributed by atoms with Crippen LogP contribution in [0.1, 0.15) is 11.1 Å². The number of fused-ring (bicyclic) bond motifs is 1. The molecule has 1 aromatic carbocycles. The number of hydrogen-bond donors (Lipinski definition) is 0. The summed E-state index contributed by atoms with van der Waals surface area (Å²) in [6, 6.07) is 6.11. The van der Waals surface area contributed by atoms with Crippen molar-refractivity contribution < 1.29 is 4.74 Å². The van der Waals surface area contributed by atoms with Gasteiger partial charge in [-0.25, -0.2) is 0 Å². The van der Waals surface area contributed by atoms with E-state index >= 15 is 0 Å². The zero-order chi connectivity index (χ0) is 11.5. The number of benzene rings is 1. The highest BCUT2D eigenvalue weighted by molar-refractivity contribution is 9.09.